The van der Waals surface area contributed by atoms with Crippen LogP contribution < -0.4 is 15.4 Å². The van der Waals surface area contributed by atoms with Gasteiger partial charge in [0, 0.05) is 23.2 Å². The number of benzene rings is 2. The summed E-state index contributed by atoms with van der Waals surface area (Å²) < 4.78 is 19.3. The number of likely N-dealkylation sites (N-methyl/N-ethyl adjacent to an activating group) is 1. The zero-order valence-electron chi connectivity index (χ0n) is 21.2. The molecule has 12 nitrogen and oxygen atoms in total. The van der Waals surface area contributed by atoms with Crippen LogP contribution in [-0.2, 0) is 11.3 Å². The predicted molar refractivity (Wildman–Crippen MR) is 144 cm³/mol. The van der Waals surface area contributed by atoms with E-state index >= 15 is 0 Å². The van der Waals surface area contributed by atoms with E-state index in [0.29, 0.717) is 57.1 Å². The van der Waals surface area contributed by atoms with Crippen molar-refractivity contribution in [1.82, 2.24) is 19.9 Å². The topological polar surface area (TPSA) is 148 Å². The lowest BCUT2D eigenvalue weighted by molar-refractivity contribution is -0.898. The Kier molecular flexibility index (Phi) is 8.02. The SMILES string of the molecule is COc1cc2ncnc(Nc3ccc(F)c(Cl)c3)c2cc1NC(=O)/C=C/C[N+](C)(C)Cc1[nH]cnc1[N+](=O)[O-]. The van der Waals surface area contributed by atoms with Crippen LogP contribution >= 0.6 is 11.6 Å². The summed E-state index contributed by atoms with van der Waals surface area (Å²) in [5, 5.41) is 17.6. The maximum Gasteiger partial charge on any atom is 0.390 e. The fourth-order valence-corrected chi connectivity index (χ4v) is 4.04. The van der Waals surface area contributed by atoms with Gasteiger partial charge in [0.25, 0.3) is 0 Å². The number of halogens is 2. The van der Waals surface area contributed by atoms with Gasteiger partial charge in [-0.05, 0) is 40.2 Å². The number of aromatic amines is 1. The predicted octanol–water partition coefficient (Wildman–Crippen LogP) is 4.58. The van der Waals surface area contributed by atoms with E-state index in [-0.39, 0.29) is 10.8 Å². The van der Waals surface area contributed by atoms with Crippen LogP contribution in [0.15, 0.2) is 55.1 Å². The number of nitrogens with zero attached hydrogens (tertiary/aromatic N) is 5. The number of ether oxygens (including phenoxy) is 1. The standard InChI is InChI=1S/C25H24ClFN8O4/c1-35(2,12-21-25(34(37)38)31-14-29-21)8-4-5-23(36)33-20-10-16-19(11-22(20)39-3)28-13-30-24(16)32-15-6-7-18(27)17(26)9-15/h4-7,9-11,13-14H,8,12H2,1-3H3,(H2-,28,29,30,31,32,33,36)/p+1/b5-4+. The number of fused-ring (bicyclic) bond motifs is 1. The van der Waals surface area contributed by atoms with Gasteiger partial charge in [-0.3, -0.25) is 4.79 Å². The van der Waals surface area contributed by atoms with Crippen molar-refractivity contribution in [2.24, 2.45) is 0 Å². The number of H-pyrrole nitrogens is 1. The third-order valence-electron chi connectivity index (χ3n) is 5.72. The Morgan fingerprint density at radius 2 is 2.05 bits per heavy atom. The number of quaternary nitrogens is 1. The molecule has 2 heterocycles. The molecular weight excluding hydrogens is 531 g/mol. The third kappa shape index (κ3) is 6.64. The lowest BCUT2D eigenvalue weighted by Crippen LogP contribution is -2.39. The van der Waals surface area contributed by atoms with Gasteiger partial charge in [-0.1, -0.05) is 11.6 Å². The summed E-state index contributed by atoms with van der Waals surface area (Å²) in [5.41, 5.74) is 1.86. The van der Waals surface area contributed by atoms with Crippen molar-refractivity contribution in [2.45, 2.75) is 6.54 Å². The Morgan fingerprint density at radius 1 is 1.26 bits per heavy atom. The van der Waals surface area contributed by atoms with Crippen LogP contribution in [-0.4, -0.2) is 63.0 Å². The van der Waals surface area contributed by atoms with Crippen molar-refractivity contribution in [3.63, 3.8) is 0 Å². The quantitative estimate of drug-likeness (QED) is 0.111. The minimum Gasteiger partial charge on any atom is -0.494 e. The van der Waals surface area contributed by atoms with Crippen molar-refractivity contribution >= 4 is 51.4 Å². The first-order chi connectivity index (χ1) is 18.6. The Morgan fingerprint density at radius 3 is 2.77 bits per heavy atom. The fraction of sp³-hybridized carbons (Fsp3) is 0.200. The first-order valence-electron chi connectivity index (χ1n) is 11.6. The van der Waals surface area contributed by atoms with E-state index in [2.05, 4.69) is 30.6 Å². The molecule has 0 aliphatic carbocycles. The normalized spacial score (nSPS) is 11.6. The van der Waals surface area contributed by atoms with E-state index in [4.69, 9.17) is 16.3 Å². The average Bonchev–Trinajstić information content (AvgIpc) is 3.33. The van der Waals surface area contributed by atoms with Gasteiger partial charge in [0.1, 0.15) is 30.3 Å². The highest BCUT2D eigenvalue weighted by atomic mass is 35.5. The van der Waals surface area contributed by atoms with E-state index in [1.807, 2.05) is 14.1 Å². The van der Waals surface area contributed by atoms with Gasteiger partial charge in [0.2, 0.25) is 12.2 Å². The molecule has 0 fully saturated rings. The fourth-order valence-electron chi connectivity index (χ4n) is 3.86. The number of nitro groups is 1. The number of anilines is 3. The number of aromatic nitrogens is 4. The van der Waals surface area contributed by atoms with Gasteiger partial charge in [-0.2, -0.15) is 0 Å². The second-order valence-electron chi connectivity index (χ2n) is 9.18. The van der Waals surface area contributed by atoms with Gasteiger partial charge in [0.05, 0.1) is 44.0 Å². The van der Waals surface area contributed by atoms with Crippen molar-refractivity contribution in [3.05, 3.63) is 81.8 Å². The summed E-state index contributed by atoms with van der Waals surface area (Å²) >= 11 is 5.89. The Balaban J connectivity index is 1.50. The summed E-state index contributed by atoms with van der Waals surface area (Å²) in [5.74, 6) is -0.351. The van der Waals surface area contributed by atoms with Crippen LogP contribution in [0.25, 0.3) is 10.9 Å². The smallest absolute Gasteiger partial charge is 0.390 e. The van der Waals surface area contributed by atoms with Gasteiger partial charge in [0.15, 0.2) is 5.69 Å². The second-order valence-corrected chi connectivity index (χ2v) is 9.58. The molecule has 0 aliphatic heterocycles. The molecule has 3 N–H and O–H groups in total. The molecule has 0 atom stereocenters. The molecule has 202 valence electrons. The van der Waals surface area contributed by atoms with Gasteiger partial charge in [-0.15, -0.1) is 0 Å². The van der Waals surface area contributed by atoms with Crippen molar-refractivity contribution < 1.29 is 23.3 Å². The minimum absolute atomic E-state index is 0.0376. The number of hydrogen-bond acceptors (Lipinski definition) is 8. The number of imidazole rings is 1. The molecule has 0 bridgehead atoms. The highest BCUT2D eigenvalue weighted by Crippen LogP contribution is 2.33. The van der Waals surface area contributed by atoms with Crippen LogP contribution in [0.3, 0.4) is 0 Å². The molecule has 0 unspecified atom stereocenters. The Labute approximate surface area is 227 Å². The van der Waals surface area contributed by atoms with E-state index in [9.17, 15) is 19.3 Å². The zero-order chi connectivity index (χ0) is 28.2. The number of carbonyl (C=O) groups is 1. The van der Waals surface area contributed by atoms with E-state index in [1.165, 1.54) is 44.0 Å². The highest BCUT2D eigenvalue weighted by molar-refractivity contribution is 6.31. The van der Waals surface area contributed by atoms with Crippen molar-refractivity contribution in [1.29, 1.82) is 0 Å². The van der Waals surface area contributed by atoms with E-state index < -0.39 is 16.6 Å². The maximum atomic E-state index is 13.6. The van der Waals surface area contributed by atoms with Crippen molar-refractivity contribution in [2.75, 3.05) is 38.4 Å². The highest BCUT2D eigenvalue weighted by Gasteiger charge is 2.24. The molecule has 4 rings (SSSR count). The van der Waals surface area contributed by atoms with Crippen LogP contribution in [0.5, 0.6) is 5.75 Å². The molecule has 0 aliphatic rings. The summed E-state index contributed by atoms with van der Waals surface area (Å²) in [7, 11) is 5.23. The molecule has 4 aromatic rings. The summed E-state index contributed by atoms with van der Waals surface area (Å²) in [6.45, 7) is 0.733. The van der Waals surface area contributed by atoms with Gasteiger partial charge >= 0.3 is 5.82 Å². The minimum atomic E-state index is -0.539. The number of methoxy groups -OCH3 is 1. The molecule has 0 saturated carbocycles. The number of nitrogens with one attached hydrogen (secondary N) is 3. The second kappa shape index (κ2) is 11.4. The molecule has 1 amide bonds. The lowest BCUT2D eigenvalue weighted by Gasteiger charge is -2.27. The molecular formula is C25H25ClFN8O4+. The van der Waals surface area contributed by atoms with Gasteiger partial charge < -0.3 is 35.0 Å². The molecule has 39 heavy (non-hydrogen) atoms. The van der Waals surface area contributed by atoms with Crippen LogP contribution in [0.2, 0.25) is 5.02 Å². The first-order valence-corrected chi connectivity index (χ1v) is 11.9. The van der Waals surface area contributed by atoms with E-state index in [0.717, 1.165) is 0 Å². The molecule has 0 saturated heterocycles. The van der Waals surface area contributed by atoms with Crippen molar-refractivity contribution in [3.8, 4) is 5.75 Å². The third-order valence-corrected chi connectivity index (χ3v) is 6.01. The lowest BCUT2D eigenvalue weighted by atomic mass is 10.1. The summed E-state index contributed by atoms with van der Waals surface area (Å²) in [6.07, 6.45) is 5.72. The summed E-state index contributed by atoms with van der Waals surface area (Å²) in [6, 6.07) is 7.54. The molecule has 0 radical (unpaired) electrons. The molecule has 2 aromatic heterocycles. The number of rotatable bonds is 10. The summed E-state index contributed by atoms with van der Waals surface area (Å²) in [4.78, 5) is 38.4. The zero-order valence-corrected chi connectivity index (χ0v) is 22.0. The molecule has 0 spiro atoms. The number of amides is 1. The number of carbonyl (C=O) groups excluding carboxylic acids is 1. The van der Waals surface area contributed by atoms with Crippen LogP contribution in [0, 0.1) is 15.9 Å². The first kappa shape index (κ1) is 27.4. The molecule has 14 heteroatoms. The monoisotopic (exact) mass is 555 g/mol. The number of hydrogen-bond donors (Lipinski definition) is 3. The van der Waals surface area contributed by atoms with Gasteiger partial charge in [-0.25, -0.2) is 14.4 Å². The van der Waals surface area contributed by atoms with E-state index in [1.54, 1.807) is 18.2 Å². The van der Waals surface area contributed by atoms with Crippen LogP contribution in [0.1, 0.15) is 5.69 Å². The molecule has 2 aromatic carbocycles. The largest absolute Gasteiger partial charge is 0.494 e. The average molecular weight is 556 g/mol. The Bertz CT molecular complexity index is 1570. The van der Waals surface area contributed by atoms with Crippen LogP contribution in [0.4, 0.5) is 27.4 Å². The maximum absolute atomic E-state index is 13.6. The Hall–Kier alpha value is -4.62.